The second-order valence-electron chi connectivity index (χ2n) is 4.40. The molecule has 0 aliphatic heterocycles. The minimum Gasteiger partial charge on any atom is -0.383 e. The molecule has 0 fully saturated rings. The fourth-order valence-electron chi connectivity index (χ4n) is 1.62. The highest BCUT2D eigenvalue weighted by Gasteiger charge is 2.20. The minimum absolute atomic E-state index is 0.197. The molecule has 1 atom stereocenters. The Hall–Kier alpha value is -0.950. The average molecular weight is 286 g/mol. The fourth-order valence-corrected chi connectivity index (χ4v) is 2.77. The van der Waals surface area contributed by atoms with Crippen molar-refractivity contribution in [1.29, 1.82) is 0 Å². The molecule has 1 N–H and O–H groups in total. The van der Waals surface area contributed by atoms with E-state index in [2.05, 4.69) is 5.32 Å². The van der Waals surface area contributed by atoms with Crippen molar-refractivity contribution in [2.45, 2.75) is 17.9 Å². The van der Waals surface area contributed by atoms with Gasteiger partial charge in [-0.25, -0.2) is 8.42 Å². The molecule has 0 radical (unpaired) electrons. The second-order valence-corrected chi connectivity index (χ2v) is 6.44. The summed E-state index contributed by atoms with van der Waals surface area (Å²) in [5.41, 5.74) is 1.06. The van der Waals surface area contributed by atoms with Crippen LogP contribution in [-0.4, -0.2) is 47.1 Å². The molecule has 1 aromatic carbocycles. The van der Waals surface area contributed by atoms with Gasteiger partial charge in [-0.1, -0.05) is 12.1 Å². The van der Waals surface area contributed by atoms with Gasteiger partial charge in [-0.2, -0.15) is 4.31 Å². The summed E-state index contributed by atoms with van der Waals surface area (Å²) in [4.78, 5) is 0.304. The maximum atomic E-state index is 12.2. The Kier molecular flexibility index (Phi) is 5.93. The van der Waals surface area contributed by atoms with E-state index in [1.54, 1.807) is 26.3 Å². The molecule has 0 saturated heterocycles. The van der Waals surface area contributed by atoms with E-state index in [0.29, 0.717) is 18.0 Å². The summed E-state index contributed by atoms with van der Waals surface area (Å²) in [6.07, 6.45) is 0. The maximum Gasteiger partial charge on any atom is 0.242 e. The van der Waals surface area contributed by atoms with Gasteiger partial charge in [0.25, 0.3) is 0 Å². The molecule has 0 saturated carbocycles. The van der Waals surface area contributed by atoms with E-state index in [4.69, 9.17) is 4.74 Å². The van der Waals surface area contributed by atoms with Crippen molar-refractivity contribution >= 4 is 10.0 Å². The van der Waals surface area contributed by atoms with Gasteiger partial charge in [0.2, 0.25) is 10.0 Å². The Bertz CT molecular complexity index is 485. The Balaban J connectivity index is 2.90. The molecule has 0 bridgehead atoms. The Labute approximate surface area is 115 Å². The summed E-state index contributed by atoms with van der Waals surface area (Å²) in [5, 5.41) is 3.11. The molecule has 19 heavy (non-hydrogen) atoms. The third kappa shape index (κ3) is 4.01. The average Bonchev–Trinajstić information content (AvgIpc) is 2.43. The number of nitrogens with zero attached hydrogens (tertiary/aromatic N) is 1. The van der Waals surface area contributed by atoms with E-state index >= 15 is 0 Å². The monoisotopic (exact) mass is 286 g/mol. The first-order chi connectivity index (χ1) is 8.93. The van der Waals surface area contributed by atoms with Crippen molar-refractivity contribution in [1.82, 2.24) is 9.62 Å². The van der Waals surface area contributed by atoms with E-state index in [9.17, 15) is 8.42 Å². The predicted molar refractivity (Wildman–Crippen MR) is 75.6 cm³/mol. The SMILES string of the molecule is CNC(C)c1ccc(S(=O)(=O)N(C)CCOC)cc1. The highest BCUT2D eigenvalue weighted by atomic mass is 32.2. The Morgan fingerprint density at radius 2 is 1.89 bits per heavy atom. The first-order valence-corrected chi connectivity index (χ1v) is 7.60. The molecule has 1 rings (SSSR count). The second kappa shape index (κ2) is 7.00. The van der Waals surface area contributed by atoms with Gasteiger partial charge in [0.05, 0.1) is 11.5 Å². The van der Waals surface area contributed by atoms with E-state index < -0.39 is 10.0 Å². The lowest BCUT2D eigenvalue weighted by Crippen LogP contribution is -2.30. The van der Waals surface area contributed by atoms with Gasteiger partial charge in [-0.3, -0.25) is 0 Å². The number of nitrogens with one attached hydrogen (secondary N) is 1. The third-order valence-corrected chi connectivity index (χ3v) is 5.00. The molecule has 0 amide bonds. The smallest absolute Gasteiger partial charge is 0.242 e. The molecular weight excluding hydrogens is 264 g/mol. The largest absolute Gasteiger partial charge is 0.383 e. The summed E-state index contributed by atoms with van der Waals surface area (Å²) in [5.74, 6) is 0. The predicted octanol–water partition coefficient (Wildman–Crippen LogP) is 1.23. The topological polar surface area (TPSA) is 58.6 Å². The van der Waals surface area contributed by atoms with Crippen LogP contribution in [0.5, 0.6) is 0 Å². The summed E-state index contributed by atoms with van der Waals surface area (Å²) < 4.78 is 30.7. The lowest BCUT2D eigenvalue weighted by Gasteiger charge is -2.17. The van der Waals surface area contributed by atoms with Crippen molar-refractivity contribution in [2.24, 2.45) is 0 Å². The maximum absolute atomic E-state index is 12.2. The quantitative estimate of drug-likeness (QED) is 0.819. The van der Waals surface area contributed by atoms with E-state index in [-0.39, 0.29) is 6.04 Å². The molecule has 108 valence electrons. The highest BCUT2D eigenvalue weighted by molar-refractivity contribution is 7.89. The van der Waals surface area contributed by atoms with Crippen LogP contribution in [0.4, 0.5) is 0 Å². The number of likely N-dealkylation sites (N-methyl/N-ethyl adjacent to an activating group) is 1. The van der Waals surface area contributed by atoms with Crippen LogP contribution in [-0.2, 0) is 14.8 Å². The molecule has 0 heterocycles. The molecule has 0 spiro atoms. The Morgan fingerprint density at radius 3 is 2.37 bits per heavy atom. The molecular formula is C13H22N2O3S. The van der Waals surface area contributed by atoms with Gasteiger partial charge >= 0.3 is 0 Å². The summed E-state index contributed by atoms with van der Waals surface area (Å²) >= 11 is 0. The van der Waals surface area contributed by atoms with Gasteiger partial charge in [-0.15, -0.1) is 0 Å². The van der Waals surface area contributed by atoms with Crippen LogP contribution in [0.25, 0.3) is 0 Å². The lowest BCUT2D eigenvalue weighted by atomic mass is 10.1. The van der Waals surface area contributed by atoms with Crippen LogP contribution in [0.15, 0.2) is 29.2 Å². The fraction of sp³-hybridized carbons (Fsp3) is 0.538. The molecule has 6 heteroatoms. The zero-order chi connectivity index (χ0) is 14.5. The van der Waals surface area contributed by atoms with Crippen LogP contribution in [0.2, 0.25) is 0 Å². The zero-order valence-electron chi connectivity index (χ0n) is 11.9. The number of benzene rings is 1. The molecule has 0 aliphatic carbocycles. The standard InChI is InChI=1S/C13H22N2O3S/c1-11(14-2)12-5-7-13(8-6-12)19(16,17)15(3)9-10-18-4/h5-8,11,14H,9-10H2,1-4H3. The summed E-state index contributed by atoms with van der Waals surface area (Å²) in [7, 11) is 1.55. The number of rotatable bonds is 7. The van der Waals surface area contributed by atoms with Crippen molar-refractivity contribution in [3.63, 3.8) is 0 Å². The van der Waals surface area contributed by atoms with Crippen molar-refractivity contribution in [3.8, 4) is 0 Å². The van der Waals surface area contributed by atoms with E-state index in [1.165, 1.54) is 4.31 Å². The normalized spacial score (nSPS) is 13.7. The first-order valence-electron chi connectivity index (χ1n) is 6.16. The molecule has 1 unspecified atom stereocenters. The van der Waals surface area contributed by atoms with Gasteiger partial charge < -0.3 is 10.1 Å². The van der Waals surface area contributed by atoms with Crippen LogP contribution < -0.4 is 5.32 Å². The third-order valence-electron chi connectivity index (χ3n) is 3.13. The molecule has 0 aromatic heterocycles. The number of ether oxygens (including phenoxy) is 1. The lowest BCUT2D eigenvalue weighted by molar-refractivity contribution is 0.185. The van der Waals surface area contributed by atoms with Gasteiger partial charge in [0.15, 0.2) is 0 Å². The summed E-state index contributed by atoms with van der Waals surface area (Å²) in [6.45, 7) is 2.74. The van der Waals surface area contributed by atoms with Crippen molar-refractivity contribution < 1.29 is 13.2 Å². The summed E-state index contributed by atoms with van der Waals surface area (Å²) in [6, 6.07) is 7.14. The minimum atomic E-state index is -3.43. The molecule has 0 aliphatic rings. The Morgan fingerprint density at radius 1 is 1.32 bits per heavy atom. The van der Waals surface area contributed by atoms with Crippen LogP contribution in [0.3, 0.4) is 0 Å². The van der Waals surface area contributed by atoms with Crippen molar-refractivity contribution in [2.75, 3.05) is 34.4 Å². The molecule has 5 nitrogen and oxygen atoms in total. The van der Waals surface area contributed by atoms with Crippen LogP contribution in [0.1, 0.15) is 18.5 Å². The highest BCUT2D eigenvalue weighted by Crippen LogP contribution is 2.18. The number of hydrogen-bond acceptors (Lipinski definition) is 4. The number of hydrogen-bond donors (Lipinski definition) is 1. The van der Waals surface area contributed by atoms with E-state index in [0.717, 1.165) is 5.56 Å². The number of sulfonamides is 1. The number of methoxy groups -OCH3 is 1. The van der Waals surface area contributed by atoms with E-state index in [1.807, 2.05) is 26.1 Å². The van der Waals surface area contributed by atoms with Crippen LogP contribution >= 0.6 is 0 Å². The first kappa shape index (κ1) is 16.1. The van der Waals surface area contributed by atoms with Gasteiger partial charge in [0, 0.05) is 26.7 Å². The zero-order valence-corrected chi connectivity index (χ0v) is 12.7. The van der Waals surface area contributed by atoms with Crippen LogP contribution in [0, 0.1) is 0 Å². The van der Waals surface area contributed by atoms with Gasteiger partial charge in [-0.05, 0) is 31.7 Å². The molecule has 1 aromatic rings. The van der Waals surface area contributed by atoms with Crippen molar-refractivity contribution in [3.05, 3.63) is 29.8 Å². The van der Waals surface area contributed by atoms with Gasteiger partial charge in [0.1, 0.15) is 0 Å².